The number of rotatable bonds is 8. The Bertz CT molecular complexity index is 656. The zero-order valence-corrected chi connectivity index (χ0v) is 16.0. The Kier molecular flexibility index (Phi) is 7.03. The van der Waals surface area contributed by atoms with Crippen molar-refractivity contribution in [1.82, 2.24) is 10.6 Å². The fourth-order valence-corrected chi connectivity index (χ4v) is 2.51. The van der Waals surface area contributed by atoms with Crippen LogP contribution in [-0.4, -0.2) is 36.0 Å². The van der Waals surface area contributed by atoms with Gasteiger partial charge in [-0.3, -0.25) is 9.59 Å². The van der Waals surface area contributed by atoms with Crippen LogP contribution in [0.5, 0.6) is 0 Å². The van der Waals surface area contributed by atoms with Gasteiger partial charge in [0.05, 0.1) is 0 Å². The van der Waals surface area contributed by atoms with Crippen LogP contribution in [-0.2, 0) is 14.3 Å². The zero-order chi connectivity index (χ0) is 19.3. The van der Waals surface area contributed by atoms with Gasteiger partial charge >= 0.3 is 5.97 Å². The summed E-state index contributed by atoms with van der Waals surface area (Å²) in [6.07, 6.45) is 1.43. The number of hydrogen-bond acceptors (Lipinski definition) is 4. The molecular weight excluding hydrogens is 356 g/mol. The molecule has 0 radical (unpaired) electrons. The summed E-state index contributed by atoms with van der Waals surface area (Å²) in [5, 5.41) is 6.01. The molecule has 0 saturated heterocycles. The van der Waals surface area contributed by atoms with E-state index in [4.69, 9.17) is 16.3 Å². The van der Waals surface area contributed by atoms with Gasteiger partial charge in [-0.25, -0.2) is 4.79 Å². The van der Waals surface area contributed by atoms with E-state index in [1.165, 1.54) is 6.92 Å². The summed E-state index contributed by atoms with van der Waals surface area (Å²) in [6, 6.07) is 5.75. The molecule has 1 aromatic rings. The average Bonchev–Trinajstić information content (AvgIpc) is 3.38. The number of benzene rings is 1. The monoisotopic (exact) mass is 380 g/mol. The molecule has 142 valence electrons. The first kappa shape index (κ1) is 20.2. The lowest BCUT2D eigenvalue weighted by Gasteiger charge is -2.21. The van der Waals surface area contributed by atoms with E-state index in [1.807, 2.05) is 13.8 Å². The second-order valence-corrected chi connectivity index (χ2v) is 7.46. The summed E-state index contributed by atoms with van der Waals surface area (Å²) in [5.41, 5.74) is 0.399. The van der Waals surface area contributed by atoms with Crippen molar-refractivity contribution in [3.05, 3.63) is 34.9 Å². The minimum Gasteiger partial charge on any atom is -0.451 e. The van der Waals surface area contributed by atoms with Gasteiger partial charge in [0.15, 0.2) is 6.10 Å². The van der Waals surface area contributed by atoms with Crippen molar-refractivity contribution in [1.29, 1.82) is 0 Å². The van der Waals surface area contributed by atoms with Crippen LogP contribution < -0.4 is 10.6 Å². The molecule has 1 aliphatic carbocycles. The summed E-state index contributed by atoms with van der Waals surface area (Å²) >= 11 is 5.82. The highest BCUT2D eigenvalue weighted by molar-refractivity contribution is 6.30. The zero-order valence-electron chi connectivity index (χ0n) is 15.3. The Morgan fingerprint density at radius 1 is 1.15 bits per heavy atom. The first-order valence-electron chi connectivity index (χ1n) is 8.83. The third kappa shape index (κ3) is 6.33. The predicted octanol–water partition coefficient (Wildman–Crippen LogP) is 2.69. The van der Waals surface area contributed by atoms with Crippen LogP contribution in [0.15, 0.2) is 24.3 Å². The molecule has 1 aromatic carbocycles. The minimum atomic E-state index is -0.898. The number of esters is 1. The van der Waals surface area contributed by atoms with Crippen LogP contribution in [0, 0.1) is 5.92 Å². The standard InChI is InChI=1S/C19H25ClN2O4/c1-11(2)10-16(22-18(24)13-4-6-14(20)7-5-13)19(25)26-12(3)17(23)21-15-8-9-15/h4-7,11-12,15-16H,8-10H2,1-3H3,(H,21,23)(H,22,24)/t12-,16+/m1/s1. The number of nitrogens with one attached hydrogen (secondary N) is 2. The third-order valence-corrected chi connectivity index (χ3v) is 4.24. The van der Waals surface area contributed by atoms with E-state index in [1.54, 1.807) is 24.3 Å². The molecule has 0 spiro atoms. The van der Waals surface area contributed by atoms with Crippen LogP contribution in [0.1, 0.15) is 50.4 Å². The van der Waals surface area contributed by atoms with Crippen molar-refractivity contribution in [2.24, 2.45) is 5.92 Å². The number of halogens is 1. The van der Waals surface area contributed by atoms with Crippen molar-refractivity contribution in [2.45, 2.75) is 58.2 Å². The SMILES string of the molecule is CC(C)C[C@H](NC(=O)c1ccc(Cl)cc1)C(=O)O[C@H](C)C(=O)NC1CC1. The molecule has 0 bridgehead atoms. The second kappa shape index (κ2) is 9.03. The molecule has 0 aromatic heterocycles. The lowest BCUT2D eigenvalue weighted by molar-refractivity contribution is -0.157. The Hall–Kier alpha value is -2.08. The topological polar surface area (TPSA) is 84.5 Å². The van der Waals surface area contributed by atoms with Crippen molar-refractivity contribution < 1.29 is 19.1 Å². The molecule has 2 N–H and O–H groups in total. The van der Waals surface area contributed by atoms with Gasteiger partial charge in [-0.05, 0) is 56.4 Å². The number of carbonyl (C=O) groups excluding carboxylic acids is 3. The van der Waals surface area contributed by atoms with E-state index in [2.05, 4.69) is 10.6 Å². The molecule has 0 heterocycles. The Morgan fingerprint density at radius 3 is 2.31 bits per heavy atom. The molecule has 1 aliphatic rings. The fraction of sp³-hybridized carbons (Fsp3) is 0.526. The van der Waals surface area contributed by atoms with Crippen molar-refractivity contribution in [3.63, 3.8) is 0 Å². The van der Waals surface area contributed by atoms with E-state index in [0.29, 0.717) is 17.0 Å². The fourth-order valence-electron chi connectivity index (χ4n) is 2.38. The number of hydrogen-bond donors (Lipinski definition) is 2. The van der Waals surface area contributed by atoms with Crippen molar-refractivity contribution in [2.75, 3.05) is 0 Å². The van der Waals surface area contributed by atoms with Gasteiger partial charge < -0.3 is 15.4 Å². The smallest absolute Gasteiger partial charge is 0.329 e. The predicted molar refractivity (Wildman–Crippen MR) is 98.9 cm³/mol. The highest BCUT2D eigenvalue weighted by atomic mass is 35.5. The van der Waals surface area contributed by atoms with Gasteiger partial charge in [-0.15, -0.1) is 0 Å². The van der Waals surface area contributed by atoms with Crippen molar-refractivity contribution >= 4 is 29.4 Å². The molecule has 2 amide bonds. The summed E-state index contributed by atoms with van der Waals surface area (Å²) < 4.78 is 5.27. The molecule has 0 aliphatic heterocycles. The maximum Gasteiger partial charge on any atom is 0.329 e. The quantitative estimate of drug-likeness (QED) is 0.679. The molecule has 26 heavy (non-hydrogen) atoms. The number of ether oxygens (including phenoxy) is 1. The Balaban J connectivity index is 1.97. The third-order valence-electron chi connectivity index (χ3n) is 3.99. The van der Waals surface area contributed by atoms with Crippen molar-refractivity contribution in [3.8, 4) is 0 Å². The lowest BCUT2D eigenvalue weighted by Crippen LogP contribution is -2.46. The molecule has 1 saturated carbocycles. The molecule has 2 atom stereocenters. The van der Waals surface area contributed by atoms with Gasteiger partial charge in [0, 0.05) is 16.6 Å². The molecule has 7 heteroatoms. The largest absolute Gasteiger partial charge is 0.451 e. The van der Waals surface area contributed by atoms with Gasteiger partial charge in [0.25, 0.3) is 11.8 Å². The number of amides is 2. The van der Waals surface area contributed by atoms with E-state index >= 15 is 0 Å². The van der Waals surface area contributed by atoms with Crippen LogP contribution in [0.3, 0.4) is 0 Å². The van der Waals surface area contributed by atoms with Gasteiger partial charge in [-0.1, -0.05) is 25.4 Å². The Morgan fingerprint density at radius 2 is 1.77 bits per heavy atom. The Labute approximate surface area is 158 Å². The molecule has 6 nitrogen and oxygen atoms in total. The number of carbonyl (C=O) groups is 3. The highest BCUT2D eigenvalue weighted by Crippen LogP contribution is 2.19. The van der Waals surface area contributed by atoms with Crippen LogP contribution in [0.25, 0.3) is 0 Å². The lowest BCUT2D eigenvalue weighted by atomic mass is 10.0. The van der Waals surface area contributed by atoms with Gasteiger partial charge in [-0.2, -0.15) is 0 Å². The summed E-state index contributed by atoms with van der Waals surface area (Å²) in [6.45, 7) is 5.42. The molecule has 0 unspecified atom stereocenters. The molecular formula is C19H25ClN2O4. The maximum atomic E-state index is 12.5. The maximum absolute atomic E-state index is 12.5. The summed E-state index contributed by atoms with van der Waals surface area (Å²) in [5.74, 6) is -1.15. The van der Waals surface area contributed by atoms with E-state index < -0.39 is 18.1 Å². The molecule has 2 rings (SSSR count). The molecule has 1 fully saturated rings. The van der Waals surface area contributed by atoms with Gasteiger partial charge in [0.2, 0.25) is 0 Å². The van der Waals surface area contributed by atoms with E-state index in [0.717, 1.165) is 12.8 Å². The van der Waals surface area contributed by atoms with Crippen LogP contribution in [0.2, 0.25) is 5.02 Å². The van der Waals surface area contributed by atoms with Crippen LogP contribution in [0.4, 0.5) is 0 Å². The van der Waals surface area contributed by atoms with E-state index in [9.17, 15) is 14.4 Å². The van der Waals surface area contributed by atoms with Gasteiger partial charge in [0.1, 0.15) is 6.04 Å². The highest BCUT2D eigenvalue weighted by Gasteiger charge is 2.30. The average molecular weight is 381 g/mol. The first-order chi connectivity index (χ1) is 12.3. The normalized spacial score (nSPS) is 15.9. The first-order valence-corrected chi connectivity index (χ1v) is 9.21. The van der Waals surface area contributed by atoms with Crippen LogP contribution >= 0.6 is 11.6 Å². The summed E-state index contributed by atoms with van der Waals surface area (Å²) in [4.78, 5) is 36.8. The summed E-state index contributed by atoms with van der Waals surface area (Å²) in [7, 11) is 0. The minimum absolute atomic E-state index is 0.161. The van der Waals surface area contributed by atoms with E-state index in [-0.39, 0.29) is 23.8 Å². The second-order valence-electron chi connectivity index (χ2n) is 7.02.